The zero-order valence-corrected chi connectivity index (χ0v) is 12.8. The summed E-state index contributed by atoms with van der Waals surface area (Å²) in [5.74, 6) is 0.0413. The van der Waals surface area contributed by atoms with Gasteiger partial charge < -0.3 is 16.2 Å². The molecule has 0 radical (unpaired) electrons. The Balaban J connectivity index is 0.00000161. The molecule has 2 unspecified atom stereocenters. The lowest BCUT2D eigenvalue weighted by Crippen LogP contribution is -2.41. The van der Waals surface area contributed by atoms with Gasteiger partial charge in [-0.15, -0.1) is 12.4 Å². The molecule has 21 heavy (non-hydrogen) atoms. The minimum absolute atomic E-state index is 0. The van der Waals surface area contributed by atoms with Gasteiger partial charge in [0.15, 0.2) is 0 Å². The number of carbonyl (C=O) groups is 1. The number of hydrogen-bond donors (Lipinski definition) is 3. The summed E-state index contributed by atoms with van der Waals surface area (Å²) >= 11 is 0. The number of halogens is 1. The quantitative estimate of drug-likeness (QED) is 0.778. The summed E-state index contributed by atoms with van der Waals surface area (Å²) < 4.78 is 0. The molecule has 4 nitrogen and oxygen atoms in total. The van der Waals surface area contributed by atoms with Crippen LogP contribution in [-0.4, -0.2) is 23.2 Å². The maximum atomic E-state index is 12.4. The number of aliphatic hydroxyl groups excluding tert-OH is 1. The smallest absolute Gasteiger partial charge is 0.223 e. The lowest BCUT2D eigenvalue weighted by molar-refractivity contribution is -0.127. The first kappa shape index (κ1) is 16.3. The SMILES string of the molecule is Cl.NC1CCCC(C(=O)N[C@H]2c3ccccc3C[C@H]2O)C1. The molecule has 1 aromatic carbocycles. The number of hydrogen-bond acceptors (Lipinski definition) is 3. The van der Waals surface area contributed by atoms with Gasteiger partial charge in [0.25, 0.3) is 0 Å². The second kappa shape index (κ2) is 6.77. The molecule has 1 amide bonds. The molecule has 116 valence electrons. The van der Waals surface area contributed by atoms with Crippen LogP contribution in [0.2, 0.25) is 0 Å². The molecule has 4 atom stereocenters. The highest BCUT2D eigenvalue weighted by molar-refractivity contribution is 5.85. The molecular formula is C16H23ClN2O2. The fourth-order valence-electron chi connectivity index (χ4n) is 3.48. The fraction of sp³-hybridized carbons (Fsp3) is 0.562. The van der Waals surface area contributed by atoms with Gasteiger partial charge in [0, 0.05) is 18.4 Å². The highest BCUT2D eigenvalue weighted by Gasteiger charge is 2.34. The second-order valence-electron chi connectivity index (χ2n) is 6.08. The maximum absolute atomic E-state index is 12.4. The predicted octanol–water partition coefficient (Wildman–Crippen LogP) is 1.70. The number of fused-ring (bicyclic) bond motifs is 1. The van der Waals surface area contributed by atoms with E-state index in [0.717, 1.165) is 36.8 Å². The minimum atomic E-state index is -0.520. The lowest BCUT2D eigenvalue weighted by Gasteiger charge is -2.28. The van der Waals surface area contributed by atoms with Crippen molar-refractivity contribution in [3.8, 4) is 0 Å². The minimum Gasteiger partial charge on any atom is -0.390 e. The van der Waals surface area contributed by atoms with Gasteiger partial charge in [-0.2, -0.15) is 0 Å². The van der Waals surface area contributed by atoms with Gasteiger partial charge in [-0.25, -0.2) is 0 Å². The van der Waals surface area contributed by atoms with Crippen LogP contribution in [0.25, 0.3) is 0 Å². The van der Waals surface area contributed by atoms with Crippen molar-refractivity contribution in [1.82, 2.24) is 5.32 Å². The highest BCUT2D eigenvalue weighted by atomic mass is 35.5. The van der Waals surface area contributed by atoms with Gasteiger partial charge in [0.2, 0.25) is 5.91 Å². The predicted molar refractivity (Wildman–Crippen MR) is 84.2 cm³/mol. The van der Waals surface area contributed by atoms with E-state index in [4.69, 9.17) is 5.73 Å². The van der Waals surface area contributed by atoms with Crippen LogP contribution in [0, 0.1) is 5.92 Å². The number of carbonyl (C=O) groups excluding carboxylic acids is 1. The van der Waals surface area contributed by atoms with E-state index in [0.29, 0.717) is 6.42 Å². The van der Waals surface area contributed by atoms with E-state index >= 15 is 0 Å². The highest BCUT2D eigenvalue weighted by Crippen LogP contribution is 2.32. The van der Waals surface area contributed by atoms with Gasteiger partial charge in [0.1, 0.15) is 0 Å². The molecule has 0 heterocycles. The Morgan fingerprint density at radius 3 is 2.81 bits per heavy atom. The molecule has 0 saturated heterocycles. The average Bonchev–Trinajstić information content (AvgIpc) is 2.75. The average molecular weight is 311 g/mol. The van der Waals surface area contributed by atoms with Crippen LogP contribution in [0.5, 0.6) is 0 Å². The van der Waals surface area contributed by atoms with Gasteiger partial charge in [-0.3, -0.25) is 4.79 Å². The molecule has 4 N–H and O–H groups in total. The topological polar surface area (TPSA) is 75.4 Å². The summed E-state index contributed by atoms with van der Waals surface area (Å²) in [6, 6.07) is 7.80. The van der Waals surface area contributed by atoms with Gasteiger partial charge in [-0.05, 0) is 30.4 Å². The van der Waals surface area contributed by atoms with Crippen LogP contribution in [0.3, 0.4) is 0 Å². The summed E-state index contributed by atoms with van der Waals surface area (Å²) in [5.41, 5.74) is 8.13. The van der Waals surface area contributed by atoms with Crippen molar-refractivity contribution in [1.29, 1.82) is 0 Å². The Morgan fingerprint density at radius 2 is 2.05 bits per heavy atom. The molecule has 1 aromatic rings. The summed E-state index contributed by atoms with van der Waals surface area (Å²) in [7, 11) is 0. The zero-order chi connectivity index (χ0) is 14.1. The molecule has 0 bridgehead atoms. The Labute approximate surface area is 131 Å². The van der Waals surface area contributed by atoms with Crippen molar-refractivity contribution in [2.75, 3.05) is 0 Å². The zero-order valence-electron chi connectivity index (χ0n) is 12.0. The van der Waals surface area contributed by atoms with E-state index < -0.39 is 6.10 Å². The number of aliphatic hydroxyl groups is 1. The standard InChI is InChI=1S/C16H22N2O2.ClH/c17-12-6-3-5-11(8-12)16(20)18-15-13-7-2-1-4-10(13)9-14(15)19;/h1-2,4,7,11-12,14-15,19H,3,5-6,8-9,17H2,(H,18,20);1H/t11?,12?,14-,15+;/m1./s1. The molecular weight excluding hydrogens is 288 g/mol. The lowest BCUT2D eigenvalue weighted by atomic mass is 9.85. The van der Waals surface area contributed by atoms with E-state index in [9.17, 15) is 9.90 Å². The Kier molecular flexibility index (Phi) is 5.25. The molecule has 1 saturated carbocycles. The number of nitrogens with two attached hydrogens (primary N) is 1. The van der Waals surface area contributed by atoms with Gasteiger partial charge in [-0.1, -0.05) is 30.7 Å². The van der Waals surface area contributed by atoms with E-state index in [1.54, 1.807) is 0 Å². The van der Waals surface area contributed by atoms with Crippen molar-refractivity contribution < 1.29 is 9.90 Å². The van der Waals surface area contributed by atoms with E-state index in [1.807, 2.05) is 24.3 Å². The van der Waals surface area contributed by atoms with Crippen molar-refractivity contribution in [2.24, 2.45) is 11.7 Å². The monoisotopic (exact) mass is 310 g/mol. The van der Waals surface area contributed by atoms with Gasteiger partial charge >= 0.3 is 0 Å². The van der Waals surface area contributed by atoms with Crippen LogP contribution >= 0.6 is 12.4 Å². The normalized spacial score (nSPS) is 31.1. The van der Waals surface area contributed by atoms with Crippen LogP contribution in [0.4, 0.5) is 0 Å². The molecule has 0 spiro atoms. The third-order valence-corrected chi connectivity index (χ3v) is 4.59. The van der Waals surface area contributed by atoms with E-state index in [1.165, 1.54) is 0 Å². The Hall–Kier alpha value is -1.10. The van der Waals surface area contributed by atoms with E-state index in [2.05, 4.69) is 5.32 Å². The van der Waals surface area contributed by atoms with Crippen LogP contribution < -0.4 is 11.1 Å². The number of amides is 1. The summed E-state index contributed by atoms with van der Waals surface area (Å²) in [6.45, 7) is 0. The first-order valence-electron chi connectivity index (χ1n) is 7.47. The van der Waals surface area contributed by atoms with Gasteiger partial charge in [0.05, 0.1) is 12.1 Å². The number of rotatable bonds is 2. The molecule has 0 aliphatic heterocycles. The van der Waals surface area contributed by atoms with Crippen molar-refractivity contribution in [2.45, 2.75) is 50.3 Å². The van der Waals surface area contributed by atoms with Crippen LogP contribution in [-0.2, 0) is 11.2 Å². The number of nitrogens with one attached hydrogen (secondary N) is 1. The Morgan fingerprint density at radius 1 is 1.29 bits per heavy atom. The molecule has 5 heteroatoms. The summed E-state index contributed by atoms with van der Waals surface area (Å²) in [5, 5.41) is 13.2. The van der Waals surface area contributed by atoms with Crippen LogP contribution in [0.1, 0.15) is 42.9 Å². The first-order chi connectivity index (χ1) is 9.65. The Bertz CT molecular complexity index is 509. The third kappa shape index (κ3) is 3.39. The first-order valence-corrected chi connectivity index (χ1v) is 7.47. The molecule has 2 aliphatic rings. The fourth-order valence-corrected chi connectivity index (χ4v) is 3.48. The summed E-state index contributed by atoms with van der Waals surface area (Å²) in [4.78, 5) is 12.4. The van der Waals surface area contributed by atoms with Crippen molar-refractivity contribution >= 4 is 18.3 Å². The molecule has 1 fully saturated rings. The molecule has 3 rings (SSSR count). The van der Waals surface area contributed by atoms with Crippen molar-refractivity contribution in [3.05, 3.63) is 35.4 Å². The van der Waals surface area contributed by atoms with Crippen molar-refractivity contribution in [3.63, 3.8) is 0 Å². The molecule has 2 aliphatic carbocycles. The maximum Gasteiger partial charge on any atom is 0.223 e. The second-order valence-corrected chi connectivity index (χ2v) is 6.08. The molecule has 0 aromatic heterocycles. The van der Waals surface area contributed by atoms with Crippen LogP contribution in [0.15, 0.2) is 24.3 Å². The third-order valence-electron chi connectivity index (χ3n) is 4.59. The number of benzene rings is 1. The largest absolute Gasteiger partial charge is 0.390 e. The summed E-state index contributed by atoms with van der Waals surface area (Å²) in [6.07, 6.45) is 3.79. The van der Waals surface area contributed by atoms with E-state index in [-0.39, 0.29) is 36.3 Å².